The van der Waals surface area contributed by atoms with E-state index in [0.717, 1.165) is 36.3 Å². The number of likely N-dealkylation sites (tertiary alicyclic amines) is 1. The van der Waals surface area contributed by atoms with Gasteiger partial charge in [0.2, 0.25) is 0 Å². The van der Waals surface area contributed by atoms with Crippen LogP contribution in [0.4, 0.5) is 10.5 Å². The van der Waals surface area contributed by atoms with E-state index >= 15 is 0 Å². The van der Waals surface area contributed by atoms with Crippen LogP contribution < -0.4 is 5.32 Å². The second kappa shape index (κ2) is 6.76. The Balaban J connectivity index is 1.79. The highest BCUT2D eigenvalue weighted by molar-refractivity contribution is 7.84. The normalized spacial score (nSPS) is 18.6. The molecule has 0 spiro atoms. The highest BCUT2D eigenvalue weighted by Crippen LogP contribution is 2.35. The van der Waals surface area contributed by atoms with Crippen molar-refractivity contribution in [1.82, 2.24) is 15.1 Å². The van der Waals surface area contributed by atoms with Gasteiger partial charge in [0.1, 0.15) is 0 Å². The number of nitrogens with one attached hydrogen (secondary N) is 2. The molecule has 0 aliphatic carbocycles. The van der Waals surface area contributed by atoms with Crippen LogP contribution in [-0.2, 0) is 10.8 Å². The summed E-state index contributed by atoms with van der Waals surface area (Å²) in [5.74, 6) is 0. The molecule has 1 aliphatic heterocycles. The molecule has 0 radical (unpaired) electrons. The molecule has 1 aliphatic rings. The number of carbonyl (C=O) groups is 1. The fourth-order valence-electron chi connectivity index (χ4n) is 3.31. The summed E-state index contributed by atoms with van der Waals surface area (Å²) in [6.07, 6.45) is 3.54. The smallest absolute Gasteiger partial charge is 0.317 e. The van der Waals surface area contributed by atoms with Gasteiger partial charge in [-0.2, -0.15) is 5.10 Å². The molecular formula is C17H22N4O2S. The number of anilines is 1. The lowest BCUT2D eigenvalue weighted by Gasteiger charge is -2.25. The minimum Gasteiger partial charge on any atom is -0.317 e. The molecule has 2 heterocycles. The minimum absolute atomic E-state index is 0.0484. The van der Waals surface area contributed by atoms with Crippen LogP contribution in [-0.4, -0.2) is 38.1 Å². The number of aromatic nitrogens is 2. The summed E-state index contributed by atoms with van der Waals surface area (Å²) in [6.45, 7) is 4.68. The second-order valence-corrected chi connectivity index (χ2v) is 7.49. The van der Waals surface area contributed by atoms with Crippen LogP contribution in [0.15, 0.2) is 29.2 Å². The van der Waals surface area contributed by atoms with E-state index in [-0.39, 0.29) is 12.1 Å². The summed E-state index contributed by atoms with van der Waals surface area (Å²) < 4.78 is 11.6. The number of benzene rings is 1. The predicted octanol–water partition coefficient (Wildman–Crippen LogP) is 3.13. The Morgan fingerprint density at radius 2 is 2.21 bits per heavy atom. The van der Waals surface area contributed by atoms with Gasteiger partial charge < -0.3 is 10.2 Å². The number of hydrogen-bond acceptors (Lipinski definition) is 3. The van der Waals surface area contributed by atoms with E-state index in [2.05, 4.69) is 15.5 Å². The second-order valence-electron chi connectivity index (χ2n) is 6.11. The van der Waals surface area contributed by atoms with E-state index in [1.54, 1.807) is 24.5 Å². The number of aromatic amines is 1. The van der Waals surface area contributed by atoms with Crippen LogP contribution in [0.3, 0.4) is 0 Å². The maximum Gasteiger partial charge on any atom is 0.322 e. The van der Waals surface area contributed by atoms with Crippen molar-refractivity contribution < 1.29 is 9.00 Å². The van der Waals surface area contributed by atoms with Crippen LogP contribution in [0.1, 0.15) is 35.8 Å². The fraction of sp³-hybridized carbons (Fsp3) is 0.412. The Hall–Kier alpha value is -2.15. The summed E-state index contributed by atoms with van der Waals surface area (Å²) in [5.41, 5.74) is 3.74. The quantitative estimate of drug-likeness (QED) is 0.896. The van der Waals surface area contributed by atoms with Crippen molar-refractivity contribution in [2.45, 2.75) is 37.6 Å². The molecule has 3 rings (SSSR count). The molecule has 1 aromatic heterocycles. The Morgan fingerprint density at radius 1 is 1.42 bits per heavy atom. The first-order valence-electron chi connectivity index (χ1n) is 8.00. The first-order valence-corrected chi connectivity index (χ1v) is 9.55. The van der Waals surface area contributed by atoms with E-state index in [1.807, 2.05) is 24.8 Å². The molecule has 7 heteroatoms. The van der Waals surface area contributed by atoms with Gasteiger partial charge in [-0.05, 0) is 44.9 Å². The largest absolute Gasteiger partial charge is 0.322 e. The standard InChI is InChI=1S/C17H22N4O2S/c1-11-16(12(2)20-19-11)15-8-5-9-21(15)17(22)18-13-6-4-7-14(10-13)24(3)23/h4,6-7,10,15H,5,8-9H2,1-3H3,(H,18,22)(H,19,20)/t15-,24-/m0/s1. The first-order chi connectivity index (χ1) is 11.5. The monoisotopic (exact) mass is 346 g/mol. The number of amides is 2. The molecule has 2 amide bonds. The molecule has 24 heavy (non-hydrogen) atoms. The maximum atomic E-state index is 12.7. The SMILES string of the molecule is Cc1n[nH]c(C)c1[C@@H]1CCCN1C(=O)Nc1cccc([S@](C)=O)c1. The third-order valence-corrected chi connectivity index (χ3v) is 5.37. The van der Waals surface area contributed by atoms with Crippen LogP contribution >= 0.6 is 0 Å². The fourth-order valence-corrected chi connectivity index (χ4v) is 3.87. The molecule has 1 saturated heterocycles. The number of nitrogens with zero attached hydrogens (tertiary/aromatic N) is 2. The van der Waals surface area contributed by atoms with Gasteiger partial charge in [-0.3, -0.25) is 9.31 Å². The number of hydrogen-bond donors (Lipinski definition) is 2. The Labute approximate surface area is 144 Å². The molecule has 1 fully saturated rings. The molecule has 0 unspecified atom stereocenters. The van der Waals surface area contributed by atoms with Crippen LogP contribution in [0.2, 0.25) is 0 Å². The van der Waals surface area contributed by atoms with Crippen molar-refractivity contribution in [1.29, 1.82) is 0 Å². The van der Waals surface area contributed by atoms with Gasteiger partial charge in [-0.1, -0.05) is 6.07 Å². The van der Waals surface area contributed by atoms with Crippen LogP contribution in [0.25, 0.3) is 0 Å². The molecular weight excluding hydrogens is 324 g/mol. The van der Waals surface area contributed by atoms with Gasteiger partial charge in [0.15, 0.2) is 0 Å². The van der Waals surface area contributed by atoms with Gasteiger partial charge in [-0.25, -0.2) is 4.79 Å². The van der Waals surface area contributed by atoms with Crippen molar-refractivity contribution >= 4 is 22.5 Å². The zero-order valence-corrected chi connectivity index (χ0v) is 14.9. The maximum absolute atomic E-state index is 12.7. The van der Waals surface area contributed by atoms with Crippen molar-refractivity contribution in [3.63, 3.8) is 0 Å². The van der Waals surface area contributed by atoms with Crippen molar-refractivity contribution in [3.8, 4) is 0 Å². The summed E-state index contributed by atoms with van der Waals surface area (Å²) >= 11 is 0. The predicted molar refractivity (Wildman–Crippen MR) is 94.5 cm³/mol. The summed E-state index contributed by atoms with van der Waals surface area (Å²) in [4.78, 5) is 15.3. The third kappa shape index (κ3) is 3.21. The molecule has 0 saturated carbocycles. The van der Waals surface area contributed by atoms with E-state index in [4.69, 9.17) is 0 Å². The average molecular weight is 346 g/mol. The molecule has 6 nitrogen and oxygen atoms in total. The zero-order valence-electron chi connectivity index (χ0n) is 14.1. The molecule has 1 aromatic carbocycles. The highest BCUT2D eigenvalue weighted by Gasteiger charge is 2.33. The van der Waals surface area contributed by atoms with Gasteiger partial charge in [-0.15, -0.1) is 0 Å². The Morgan fingerprint density at radius 3 is 2.88 bits per heavy atom. The third-order valence-electron chi connectivity index (χ3n) is 4.45. The van der Waals surface area contributed by atoms with Gasteiger partial charge in [0, 0.05) is 45.4 Å². The number of aryl methyl sites for hydroxylation is 2. The van der Waals surface area contributed by atoms with Crippen LogP contribution in [0, 0.1) is 13.8 Å². The molecule has 2 aromatic rings. The first kappa shape index (κ1) is 16.7. The van der Waals surface area contributed by atoms with E-state index in [1.165, 1.54) is 0 Å². The topological polar surface area (TPSA) is 78.1 Å². The zero-order chi connectivity index (χ0) is 17.3. The van der Waals surface area contributed by atoms with Gasteiger partial charge in [0.05, 0.1) is 11.7 Å². The summed E-state index contributed by atoms with van der Waals surface area (Å²) in [6, 6.07) is 7.09. The number of carbonyl (C=O) groups excluding carboxylic acids is 1. The van der Waals surface area contributed by atoms with E-state index in [0.29, 0.717) is 10.6 Å². The van der Waals surface area contributed by atoms with Crippen LogP contribution in [0.5, 0.6) is 0 Å². The lowest BCUT2D eigenvalue weighted by molar-refractivity contribution is 0.207. The molecule has 128 valence electrons. The number of rotatable bonds is 3. The lowest BCUT2D eigenvalue weighted by atomic mass is 10.0. The minimum atomic E-state index is -1.07. The summed E-state index contributed by atoms with van der Waals surface area (Å²) in [5, 5.41) is 10.2. The van der Waals surface area contributed by atoms with Crippen molar-refractivity contribution in [3.05, 3.63) is 41.2 Å². The van der Waals surface area contributed by atoms with Gasteiger partial charge in [0.25, 0.3) is 0 Å². The highest BCUT2D eigenvalue weighted by atomic mass is 32.2. The Bertz CT molecular complexity index is 767. The van der Waals surface area contributed by atoms with E-state index < -0.39 is 10.8 Å². The average Bonchev–Trinajstić information content (AvgIpc) is 3.14. The Kier molecular flexibility index (Phi) is 4.71. The number of urea groups is 1. The van der Waals surface area contributed by atoms with E-state index in [9.17, 15) is 9.00 Å². The van der Waals surface area contributed by atoms with Crippen molar-refractivity contribution in [2.24, 2.45) is 0 Å². The molecule has 0 bridgehead atoms. The molecule has 2 atom stereocenters. The van der Waals surface area contributed by atoms with Gasteiger partial charge >= 0.3 is 6.03 Å². The number of H-pyrrole nitrogens is 1. The lowest BCUT2D eigenvalue weighted by Crippen LogP contribution is -2.34. The molecule has 2 N–H and O–H groups in total. The van der Waals surface area contributed by atoms with Crippen molar-refractivity contribution in [2.75, 3.05) is 18.1 Å². The summed E-state index contributed by atoms with van der Waals surface area (Å²) in [7, 11) is -1.07.